The summed E-state index contributed by atoms with van der Waals surface area (Å²) in [7, 11) is 0. The SMILES string of the molecule is CCNC(=NCC1CCCC(C)C1)NCCn1cnnc1CC. The molecule has 1 aliphatic carbocycles. The van der Waals surface area contributed by atoms with Crippen LogP contribution in [-0.2, 0) is 13.0 Å². The molecule has 1 aromatic heterocycles. The number of aliphatic imine (C=N–C) groups is 1. The molecule has 2 N–H and O–H groups in total. The number of hydrogen-bond acceptors (Lipinski definition) is 3. The molecule has 1 heterocycles. The summed E-state index contributed by atoms with van der Waals surface area (Å²) in [4.78, 5) is 4.79. The molecule has 6 nitrogen and oxygen atoms in total. The Bertz CT molecular complexity index is 481. The van der Waals surface area contributed by atoms with Crippen LogP contribution in [0.2, 0.25) is 0 Å². The first-order chi connectivity index (χ1) is 11.2. The van der Waals surface area contributed by atoms with Gasteiger partial charge in [-0.2, -0.15) is 0 Å². The van der Waals surface area contributed by atoms with Crippen molar-refractivity contribution < 1.29 is 0 Å². The zero-order valence-corrected chi connectivity index (χ0v) is 14.9. The molecule has 0 spiro atoms. The van der Waals surface area contributed by atoms with E-state index >= 15 is 0 Å². The minimum absolute atomic E-state index is 0.749. The van der Waals surface area contributed by atoms with Gasteiger partial charge in [0.15, 0.2) is 5.96 Å². The van der Waals surface area contributed by atoms with Crippen LogP contribution in [0.5, 0.6) is 0 Å². The van der Waals surface area contributed by atoms with Crippen molar-refractivity contribution in [1.29, 1.82) is 0 Å². The highest BCUT2D eigenvalue weighted by Crippen LogP contribution is 2.28. The first kappa shape index (κ1) is 17.8. The average molecular weight is 320 g/mol. The molecule has 0 aliphatic heterocycles. The predicted molar refractivity (Wildman–Crippen MR) is 94.5 cm³/mol. The molecule has 1 fully saturated rings. The number of nitrogens with one attached hydrogen (secondary N) is 2. The van der Waals surface area contributed by atoms with Crippen molar-refractivity contribution in [2.45, 2.75) is 59.4 Å². The second-order valence-corrected chi connectivity index (χ2v) is 6.58. The van der Waals surface area contributed by atoms with Gasteiger partial charge in [-0.05, 0) is 31.6 Å². The van der Waals surface area contributed by atoms with Crippen LogP contribution < -0.4 is 10.6 Å². The summed E-state index contributed by atoms with van der Waals surface area (Å²) in [5.41, 5.74) is 0. The lowest BCUT2D eigenvalue weighted by Crippen LogP contribution is -2.39. The van der Waals surface area contributed by atoms with Crippen LogP contribution in [0.4, 0.5) is 0 Å². The summed E-state index contributed by atoms with van der Waals surface area (Å²) in [6, 6.07) is 0. The van der Waals surface area contributed by atoms with E-state index < -0.39 is 0 Å². The average Bonchev–Trinajstić information content (AvgIpc) is 3.00. The third-order valence-corrected chi connectivity index (χ3v) is 4.55. The Hall–Kier alpha value is -1.59. The Kier molecular flexibility index (Phi) is 7.36. The fourth-order valence-electron chi connectivity index (χ4n) is 3.32. The molecule has 1 saturated carbocycles. The van der Waals surface area contributed by atoms with Crippen molar-refractivity contribution in [3.05, 3.63) is 12.2 Å². The molecule has 2 atom stereocenters. The van der Waals surface area contributed by atoms with E-state index in [1.54, 1.807) is 6.33 Å². The minimum atomic E-state index is 0.749. The first-order valence-electron chi connectivity index (χ1n) is 9.11. The Balaban J connectivity index is 1.79. The van der Waals surface area contributed by atoms with Gasteiger partial charge >= 0.3 is 0 Å². The fraction of sp³-hybridized carbons (Fsp3) is 0.824. The van der Waals surface area contributed by atoms with Gasteiger partial charge in [-0.15, -0.1) is 10.2 Å². The van der Waals surface area contributed by atoms with Gasteiger partial charge in [-0.25, -0.2) is 0 Å². The molecular formula is C17H32N6. The smallest absolute Gasteiger partial charge is 0.191 e. The van der Waals surface area contributed by atoms with Crippen LogP contribution in [0.3, 0.4) is 0 Å². The van der Waals surface area contributed by atoms with Crippen LogP contribution in [0.15, 0.2) is 11.3 Å². The first-order valence-corrected chi connectivity index (χ1v) is 9.11. The second-order valence-electron chi connectivity index (χ2n) is 6.58. The summed E-state index contributed by atoms with van der Waals surface area (Å²) >= 11 is 0. The molecule has 1 aliphatic rings. The van der Waals surface area contributed by atoms with E-state index in [0.717, 1.165) is 56.2 Å². The van der Waals surface area contributed by atoms with Crippen molar-refractivity contribution in [3.63, 3.8) is 0 Å². The number of nitrogens with zero attached hydrogens (tertiary/aromatic N) is 4. The van der Waals surface area contributed by atoms with Gasteiger partial charge in [0.2, 0.25) is 0 Å². The highest BCUT2D eigenvalue weighted by Gasteiger charge is 2.18. The molecule has 1 aromatic rings. The lowest BCUT2D eigenvalue weighted by molar-refractivity contribution is 0.289. The molecule has 2 rings (SSSR count). The predicted octanol–water partition coefficient (Wildman–Crippen LogP) is 2.22. The third kappa shape index (κ3) is 5.84. The molecule has 0 radical (unpaired) electrons. The van der Waals surface area contributed by atoms with Crippen LogP contribution in [-0.4, -0.2) is 40.4 Å². The van der Waals surface area contributed by atoms with Gasteiger partial charge in [-0.3, -0.25) is 4.99 Å². The van der Waals surface area contributed by atoms with E-state index in [-0.39, 0.29) is 0 Å². The minimum Gasteiger partial charge on any atom is -0.357 e. The monoisotopic (exact) mass is 320 g/mol. The van der Waals surface area contributed by atoms with E-state index in [9.17, 15) is 0 Å². The van der Waals surface area contributed by atoms with Gasteiger partial charge in [0.1, 0.15) is 12.2 Å². The Morgan fingerprint density at radius 3 is 2.96 bits per heavy atom. The van der Waals surface area contributed by atoms with Gasteiger partial charge in [0.25, 0.3) is 0 Å². The summed E-state index contributed by atoms with van der Waals surface area (Å²) in [6.07, 6.45) is 8.11. The summed E-state index contributed by atoms with van der Waals surface area (Å²) < 4.78 is 2.10. The molecule has 0 bridgehead atoms. The maximum atomic E-state index is 4.79. The van der Waals surface area contributed by atoms with Gasteiger partial charge in [0, 0.05) is 32.6 Å². The van der Waals surface area contributed by atoms with Gasteiger partial charge in [-0.1, -0.05) is 26.7 Å². The van der Waals surface area contributed by atoms with Crippen molar-refractivity contribution >= 4 is 5.96 Å². The number of aryl methyl sites for hydroxylation is 1. The zero-order valence-electron chi connectivity index (χ0n) is 14.9. The highest BCUT2D eigenvalue weighted by molar-refractivity contribution is 5.79. The Morgan fingerprint density at radius 2 is 2.22 bits per heavy atom. The van der Waals surface area contributed by atoms with Gasteiger partial charge in [0.05, 0.1) is 0 Å². The summed E-state index contributed by atoms with van der Waals surface area (Å²) in [5, 5.41) is 14.8. The quantitative estimate of drug-likeness (QED) is 0.597. The summed E-state index contributed by atoms with van der Waals surface area (Å²) in [5.74, 6) is 3.57. The summed E-state index contributed by atoms with van der Waals surface area (Å²) in [6.45, 7) is 10.1. The van der Waals surface area contributed by atoms with Crippen molar-refractivity contribution in [1.82, 2.24) is 25.4 Å². The molecule has 23 heavy (non-hydrogen) atoms. The number of aromatic nitrogens is 3. The van der Waals surface area contributed by atoms with E-state index in [4.69, 9.17) is 4.99 Å². The van der Waals surface area contributed by atoms with Crippen LogP contribution in [0.1, 0.15) is 52.3 Å². The fourth-order valence-corrected chi connectivity index (χ4v) is 3.32. The number of guanidine groups is 1. The third-order valence-electron chi connectivity index (χ3n) is 4.55. The standard InChI is InChI=1S/C17H32N6/c1-4-16-22-21-13-23(16)10-9-19-17(18-5-2)20-12-15-8-6-7-14(3)11-15/h13-15H,4-12H2,1-3H3,(H2,18,19,20). The second kappa shape index (κ2) is 9.53. The Morgan fingerprint density at radius 1 is 1.35 bits per heavy atom. The molecule has 130 valence electrons. The number of rotatable bonds is 7. The van der Waals surface area contributed by atoms with E-state index in [1.165, 1.54) is 25.7 Å². The van der Waals surface area contributed by atoms with Crippen LogP contribution >= 0.6 is 0 Å². The molecule has 0 saturated heterocycles. The van der Waals surface area contributed by atoms with Crippen molar-refractivity contribution in [3.8, 4) is 0 Å². The van der Waals surface area contributed by atoms with Crippen molar-refractivity contribution in [2.24, 2.45) is 16.8 Å². The molecular weight excluding hydrogens is 288 g/mol. The Labute approximate surface area is 140 Å². The van der Waals surface area contributed by atoms with Crippen molar-refractivity contribution in [2.75, 3.05) is 19.6 Å². The largest absolute Gasteiger partial charge is 0.357 e. The molecule has 0 aromatic carbocycles. The lowest BCUT2D eigenvalue weighted by Gasteiger charge is -2.25. The van der Waals surface area contributed by atoms with Gasteiger partial charge < -0.3 is 15.2 Å². The lowest BCUT2D eigenvalue weighted by atomic mass is 9.82. The maximum Gasteiger partial charge on any atom is 0.191 e. The van der Waals surface area contributed by atoms with Crippen LogP contribution in [0.25, 0.3) is 0 Å². The van der Waals surface area contributed by atoms with E-state index in [2.05, 4.69) is 46.2 Å². The number of hydrogen-bond donors (Lipinski definition) is 2. The zero-order chi connectivity index (χ0) is 16.5. The topological polar surface area (TPSA) is 67.1 Å². The maximum absolute atomic E-state index is 4.79. The van der Waals surface area contributed by atoms with E-state index in [0.29, 0.717) is 0 Å². The normalized spacial score (nSPS) is 22.1. The molecule has 2 unspecified atom stereocenters. The van der Waals surface area contributed by atoms with E-state index in [1.807, 2.05) is 0 Å². The molecule has 0 amide bonds. The molecule has 6 heteroatoms. The van der Waals surface area contributed by atoms with Crippen LogP contribution in [0, 0.1) is 11.8 Å². The highest BCUT2D eigenvalue weighted by atomic mass is 15.3.